The highest BCUT2D eigenvalue weighted by molar-refractivity contribution is 9.10. The quantitative estimate of drug-likeness (QED) is 0.358. The summed E-state index contributed by atoms with van der Waals surface area (Å²) in [6.07, 6.45) is 1.29. The van der Waals surface area contributed by atoms with Gasteiger partial charge in [-0.05, 0) is 41.1 Å². The summed E-state index contributed by atoms with van der Waals surface area (Å²) in [5.74, 6) is -0.624. The van der Waals surface area contributed by atoms with Crippen LogP contribution in [0.15, 0.2) is 45.9 Å². The number of carbonyl (C=O) groups is 1. The second-order valence-electron chi connectivity index (χ2n) is 4.65. The number of nitro groups is 1. The smallest absolute Gasteiger partial charge is 0.338 e. The highest BCUT2D eigenvalue weighted by Crippen LogP contribution is 2.32. The summed E-state index contributed by atoms with van der Waals surface area (Å²) in [5, 5.41) is 20.8. The first-order valence-electron chi connectivity index (χ1n) is 6.90. The Hall–Kier alpha value is -2.74. The fourth-order valence-electron chi connectivity index (χ4n) is 1.88. The van der Waals surface area contributed by atoms with Crippen LogP contribution < -0.4 is 0 Å². The highest BCUT2D eigenvalue weighted by Gasteiger charge is 2.13. The van der Waals surface area contributed by atoms with Crippen molar-refractivity contribution in [2.24, 2.45) is 4.99 Å². The van der Waals surface area contributed by atoms with E-state index in [1.165, 1.54) is 24.4 Å². The molecule has 0 aromatic heterocycles. The second-order valence-corrected chi connectivity index (χ2v) is 5.51. The molecular formula is C16H13BrN2O5. The van der Waals surface area contributed by atoms with Crippen LogP contribution in [0.4, 0.5) is 11.4 Å². The number of aromatic hydroxyl groups is 1. The number of hydrogen-bond acceptors (Lipinski definition) is 6. The van der Waals surface area contributed by atoms with Crippen LogP contribution in [0.25, 0.3) is 0 Å². The summed E-state index contributed by atoms with van der Waals surface area (Å²) in [6.45, 7) is 1.98. The second kappa shape index (κ2) is 7.69. The maximum Gasteiger partial charge on any atom is 0.338 e. The number of phenolic OH excluding ortho intramolecular Hbond substituents is 1. The van der Waals surface area contributed by atoms with Crippen molar-refractivity contribution in [1.29, 1.82) is 0 Å². The lowest BCUT2D eigenvalue weighted by Gasteiger charge is -2.03. The Morgan fingerprint density at radius 2 is 2.17 bits per heavy atom. The normalized spacial score (nSPS) is 10.8. The van der Waals surface area contributed by atoms with E-state index in [0.717, 1.165) is 0 Å². The Kier molecular flexibility index (Phi) is 5.64. The monoisotopic (exact) mass is 392 g/mol. The number of phenols is 1. The van der Waals surface area contributed by atoms with Crippen LogP contribution in [0, 0.1) is 10.1 Å². The van der Waals surface area contributed by atoms with Crippen LogP contribution in [0.2, 0.25) is 0 Å². The van der Waals surface area contributed by atoms with Crippen LogP contribution in [0.5, 0.6) is 5.75 Å². The fourth-order valence-corrected chi connectivity index (χ4v) is 2.34. The maximum absolute atomic E-state index is 11.7. The van der Waals surface area contributed by atoms with Gasteiger partial charge in [-0.2, -0.15) is 0 Å². The van der Waals surface area contributed by atoms with Gasteiger partial charge in [-0.1, -0.05) is 6.07 Å². The van der Waals surface area contributed by atoms with Crippen molar-refractivity contribution in [3.8, 4) is 5.75 Å². The Morgan fingerprint density at radius 3 is 2.83 bits per heavy atom. The Morgan fingerprint density at radius 1 is 1.42 bits per heavy atom. The molecule has 0 atom stereocenters. The Bertz CT molecular complexity index is 820. The van der Waals surface area contributed by atoms with Gasteiger partial charge in [-0.25, -0.2) is 4.79 Å². The molecule has 2 rings (SSSR count). The van der Waals surface area contributed by atoms with Crippen molar-refractivity contribution < 1.29 is 19.6 Å². The van der Waals surface area contributed by atoms with Gasteiger partial charge in [-0.15, -0.1) is 0 Å². The highest BCUT2D eigenvalue weighted by atomic mass is 79.9. The number of ether oxygens (including phenoxy) is 1. The molecule has 7 nitrogen and oxygen atoms in total. The number of non-ortho nitro benzene ring substituents is 1. The summed E-state index contributed by atoms with van der Waals surface area (Å²) < 4.78 is 5.10. The number of carbonyl (C=O) groups excluding carboxylic acids is 1. The number of hydrogen-bond donors (Lipinski definition) is 1. The van der Waals surface area contributed by atoms with Crippen molar-refractivity contribution in [2.75, 3.05) is 6.61 Å². The molecule has 24 heavy (non-hydrogen) atoms. The maximum atomic E-state index is 11.7. The third kappa shape index (κ3) is 4.17. The molecule has 8 heteroatoms. The topological polar surface area (TPSA) is 102 Å². The molecule has 0 fully saturated rings. The first-order valence-corrected chi connectivity index (χ1v) is 7.69. The van der Waals surface area contributed by atoms with Crippen molar-refractivity contribution in [2.45, 2.75) is 6.92 Å². The van der Waals surface area contributed by atoms with Crippen molar-refractivity contribution >= 4 is 39.5 Å². The largest absolute Gasteiger partial charge is 0.506 e. The minimum absolute atomic E-state index is 0.161. The third-order valence-corrected chi connectivity index (χ3v) is 3.60. The molecular weight excluding hydrogens is 380 g/mol. The predicted molar refractivity (Wildman–Crippen MR) is 92.1 cm³/mol. The molecule has 2 aromatic carbocycles. The van der Waals surface area contributed by atoms with Crippen LogP contribution in [0.1, 0.15) is 22.8 Å². The number of rotatable bonds is 5. The van der Waals surface area contributed by atoms with Crippen LogP contribution in [0.3, 0.4) is 0 Å². The zero-order chi connectivity index (χ0) is 17.7. The van der Waals surface area contributed by atoms with Gasteiger partial charge in [0.15, 0.2) is 0 Å². The van der Waals surface area contributed by atoms with Crippen LogP contribution >= 0.6 is 15.9 Å². The molecule has 0 bridgehead atoms. The Labute approximate surface area is 145 Å². The first kappa shape index (κ1) is 17.6. The molecule has 0 heterocycles. The molecule has 0 radical (unpaired) electrons. The van der Waals surface area contributed by atoms with E-state index in [1.807, 2.05) is 0 Å². The number of aliphatic imine (C=N–C) groups is 1. The molecule has 2 aromatic rings. The summed E-state index contributed by atoms with van der Waals surface area (Å²) in [4.78, 5) is 26.2. The van der Waals surface area contributed by atoms with E-state index < -0.39 is 10.9 Å². The molecule has 1 N–H and O–H groups in total. The molecule has 0 spiro atoms. The molecule has 0 saturated carbocycles. The van der Waals surface area contributed by atoms with Gasteiger partial charge in [-0.3, -0.25) is 15.1 Å². The number of benzene rings is 2. The molecule has 0 aliphatic rings. The van der Waals surface area contributed by atoms with Gasteiger partial charge in [0.2, 0.25) is 0 Å². The molecule has 0 aliphatic carbocycles. The molecule has 0 saturated heterocycles. The van der Waals surface area contributed by atoms with Crippen molar-refractivity contribution in [3.05, 3.63) is 62.1 Å². The van der Waals surface area contributed by atoms with E-state index in [0.29, 0.717) is 11.3 Å². The standard InChI is InChI=1S/C16H13BrN2O5/c1-2-24-16(21)10-4-3-5-12(6-10)18-9-11-7-13(19(22)23)8-14(17)15(11)20/h3-9,20H,2H2,1H3. The van der Waals surface area contributed by atoms with Gasteiger partial charge in [0.05, 0.1) is 27.3 Å². The molecule has 0 amide bonds. The minimum atomic E-state index is -0.567. The summed E-state index contributed by atoms with van der Waals surface area (Å²) >= 11 is 3.06. The first-order chi connectivity index (χ1) is 11.4. The average Bonchev–Trinajstić information content (AvgIpc) is 2.56. The summed E-state index contributed by atoms with van der Waals surface area (Å²) in [5.41, 5.74) is 0.789. The number of esters is 1. The van der Waals surface area contributed by atoms with E-state index in [4.69, 9.17) is 4.74 Å². The lowest BCUT2D eigenvalue weighted by atomic mass is 10.2. The summed E-state index contributed by atoms with van der Waals surface area (Å²) in [6, 6.07) is 8.83. The van der Waals surface area contributed by atoms with E-state index >= 15 is 0 Å². The average molecular weight is 393 g/mol. The number of nitro benzene ring substituents is 1. The Balaban J connectivity index is 2.33. The third-order valence-electron chi connectivity index (χ3n) is 3.00. The lowest BCUT2D eigenvalue weighted by Crippen LogP contribution is -2.03. The van der Waals surface area contributed by atoms with E-state index in [2.05, 4.69) is 20.9 Å². The van der Waals surface area contributed by atoms with Crippen LogP contribution in [-0.4, -0.2) is 28.8 Å². The van der Waals surface area contributed by atoms with Crippen molar-refractivity contribution in [3.63, 3.8) is 0 Å². The molecule has 124 valence electrons. The predicted octanol–water partition coefficient (Wildman–Crippen LogP) is 3.99. The van der Waals surface area contributed by atoms with E-state index in [9.17, 15) is 20.0 Å². The fraction of sp³-hybridized carbons (Fsp3) is 0.125. The van der Waals surface area contributed by atoms with Crippen LogP contribution in [-0.2, 0) is 4.74 Å². The minimum Gasteiger partial charge on any atom is -0.506 e. The van der Waals surface area contributed by atoms with Gasteiger partial charge in [0.1, 0.15) is 5.75 Å². The SMILES string of the molecule is CCOC(=O)c1cccc(N=Cc2cc([N+](=O)[O-])cc(Br)c2O)c1. The molecule has 0 aliphatic heterocycles. The van der Waals surface area contributed by atoms with Gasteiger partial charge in [0, 0.05) is 23.9 Å². The lowest BCUT2D eigenvalue weighted by molar-refractivity contribution is -0.385. The summed E-state index contributed by atoms with van der Waals surface area (Å²) in [7, 11) is 0. The number of halogens is 1. The van der Waals surface area contributed by atoms with Gasteiger partial charge in [0.25, 0.3) is 5.69 Å². The van der Waals surface area contributed by atoms with Gasteiger partial charge < -0.3 is 9.84 Å². The van der Waals surface area contributed by atoms with Gasteiger partial charge >= 0.3 is 5.97 Å². The zero-order valence-electron chi connectivity index (χ0n) is 12.6. The molecule has 0 unspecified atom stereocenters. The number of nitrogens with zero attached hydrogens (tertiary/aromatic N) is 2. The zero-order valence-corrected chi connectivity index (χ0v) is 14.2. The van der Waals surface area contributed by atoms with Crippen molar-refractivity contribution in [1.82, 2.24) is 0 Å². The van der Waals surface area contributed by atoms with E-state index in [1.54, 1.807) is 25.1 Å². The van der Waals surface area contributed by atoms with E-state index in [-0.39, 0.29) is 28.1 Å².